The van der Waals surface area contributed by atoms with Crippen molar-refractivity contribution in [3.8, 4) is 0 Å². The van der Waals surface area contributed by atoms with Crippen LogP contribution >= 0.6 is 0 Å². The summed E-state index contributed by atoms with van der Waals surface area (Å²) < 4.78 is 37.6. The maximum Gasteiger partial charge on any atom is 0.408 e. The second-order valence-electron chi connectivity index (χ2n) is 5.33. The van der Waals surface area contributed by atoms with Gasteiger partial charge in [0.2, 0.25) is 11.8 Å². The molecule has 2 N–H and O–H groups in total. The van der Waals surface area contributed by atoms with E-state index in [0.29, 0.717) is 6.54 Å². The second-order valence-corrected chi connectivity index (χ2v) is 5.33. The Morgan fingerprint density at radius 1 is 1.30 bits per heavy atom. The quantitative estimate of drug-likeness (QED) is 0.718. The van der Waals surface area contributed by atoms with E-state index in [1.165, 1.54) is 4.90 Å². The molecule has 3 unspecified atom stereocenters. The third-order valence-electron chi connectivity index (χ3n) is 4.00. The summed E-state index contributed by atoms with van der Waals surface area (Å²) in [4.78, 5) is 25.4. The lowest BCUT2D eigenvalue weighted by Crippen LogP contribution is -2.55. The van der Waals surface area contributed by atoms with E-state index >= 15 is 0 Å². The van der Waals surface area contributed by atoms with E-state index < -0.39 is 30.0 Å². The number of likely N-dealkylation sites (N-methyl/N-ethyl adjacent to an activating group) is 1. The summed E-state index contributed by atoms with van der Waals surface area (Å²) in [6.07, 6.45) is -3.96. The molecular formula is C12H18F3N3O2. The molecule has 0 aromatic rings. The fourth-order valence-electron chi connectivity index (χ4n) is 2.69. The number of hydrogen-bond acceptors (Lipinski definition) is 3. The number of halogens is 3. The first kappa shape index (κ1) is 15.1. The minimum Gasteiger partial charge on any atom is -0.344 e. The summed E-state index contributed by atoms with van der Waals surface area (Å²) in [5.41, 5.74) is 0. The third-order valence-corrected chi connectivity index (χ3v) is 4.00. The number of carbonyl (C=O) groups excluding carboxylic acids is 2. The Morgan fingerprint density at radius 3 is 2.50 bits per heavy atom. The molecule has 0 aromatic heterocycles. The summed E-state index contributed by atoms with van der Waals surface area (Å²) in [5, 5.41) is 5.01. The molecular weight excluding hydrogens is 275 g/mol. The van der Waals surface area contributed by atoms with Crippen molar-refractivity contribution in [2.75, 3.05) is 20.1 Å². The van der Waals surface area contributed by atoms with Crippen molar-refractivity contribution in [2.24, 2.45) is 5.92 Å². The van der Waals surface area contributed by atoms with Crippen molar-refractivity contribution in [3.63, 3.8) is 0 Å². The van der Waals surface area contributed by atoms with Gasteiger partial charge in [-0.25, -0.2) is 0 Å². The number of alkyl halides is 3. The Bertz CT molecular complexity index is 394. The molecule has 2 fully saturated rings. The SMILES string of the molecule is CN(C(=O)C1CCC(C(F)(F)F)NC1=O)C1CCNC1. The third kappa shape index (κ3) is 3.05. The zero-order chi connectivity index (χ0) is 14.9. The van der Waals surface area contributed by atoms with Gasteiger partial charge in [-0.3, -0.25) is 9.59 Å². The molecule has 5 nitrogen and oxygen atoms in total. The highest BCUT2D eigenvalue weighted by Crippen LogP contribution is 2.29. The highest BCUT2D eigenvalue weighted by atomic mass is 19.4. The molecule has 0 aliphatic carbocycles. The van der Waals surface area contributed by atoms with E-state index in [9.17, 15) is 22.8 Å². The molecule has 3 atom stereocenters. The maximum atomic E-state index is 12.5. The Kier molecular flexibility index (Phi) is 4.22. The minimum absolute atomic E-state index is 0.00985. The Labute approximate surface area is 114 Å². The van der Waals surface area contributed by atoms with Gasteiger partial charge in [0.05, 0.1) is 0 Å². The number of carbonyl (C=O) groups is 2. The van der Waals surface area contributed by atoms with Crippen LogP contribution in [0.15, 0.2) is 0 Å². The molecule has 2 rings (SSSR count). The lowest BCUT2D eigenvalue weighted by molar-refractivity contribution is -0.172. The van der Waals surface area contributed by atoms with Crippen molar-refractivity contribution in [1.82, 2.24) is 15.5 Å². The van der Waals surface area contributed by atoms with Crippen LogP contribution in [0.25, 0.3) is 0 Å². The average molecular weight is 293 g/mol. The van der Waals surface area contributed by atoms with Crippen LogP contribution in [0, 0.1) is 5.92 Å². The van der Waals surface area contributed by atoms with Gasteiger partial charge in [0.25, 0.3) is 0 Å². The summed E-state index contributed by atoms with van der Waals surface area (Å²) in [6.45, 7) is 1.46. The molecule has 0 bridgehead atoms. The van der Waals surface area contributed by atoms with Crippen molar-refractivity contribution in [1.29, 1.82) is 0 Å². The smallest absolute Gasteiger partial charge is 0.344 e. The number of hydrogen-bond donors (Lipinski definition) is 2. The largest absolute Gasteiger partial charge is 0.408 e. The van der Waals surface area contributed by atoms with Gasteiger partial charge in [-0.1, -0.05) is 0 Å². The molecule has 2 amide bonds. The molecule has 2 heterocycles. The zero-order valence-corrected chi connectivity index (χ0v) is 11.2. The fraction of sp³-hybridized carbons (Fsp3) is 0.833. The average Bonchev–Trinajstić information content (AvgIpc) is 2.89. The zero-order valence-electron chi connectivity index (χ0n) is 11.2. The van der Waals surface area contributed by atoms with Gasteiger partial charge in [0.15, 0.2) is 0 Å². The van der Waals surface area contributed by atoms with Crippen molar-refractivity contribution in [3.05, 3.63) is 0 Å². The highest BCUT2D eigenvalue weighted by molar-refractivity contribution is 6.00. The van der Waals surface area contributed by atoms with E-state index in [0.717, 1.165) is 13.0 Å². The van der Waals surface area contributed by atoms with E-state index in [-0.39, 0.29) is 18.9 Å². The number of amides is 2. The van der Waals surface area contributed by atoms with Crippen molar-refractivity contribution < 1.29 is 22.8 Å². The number of piperidine rings is 1. The minimum atomic E-state index is -4.45. The first-order chi connectivity index (χ1) is 9.30. The Hall–Kier alpha value is -1.31. The molecule has 114 valence electrons. The van der Waals surface area contributed by atoms with Gasteiger partial charge >= 0.3 is 6.18 Å². The van der Waals surface area contributed by atoms with Crippen molar-refractivity contribution in [2.45, 2.75) is 37.5 Å². The van der Waals surface area contributed by atoms with E-state index in [1.807, 2.05) is 5.32 Å². The van der Waals surface area contributed by atoms with Crippen molar-refractivity contribution >= 4 is 11.8 Å². The highest BCUT2D eigenvalue weighted by Gasteiger charge is 2.46. The van der Waals surface area contributed by atoms with Crippen LogP contribution in [-0.4, -0.2) is 55.1 Å². The summed E-state index contributed by atoms with van der Waals surface area (Å²) in [6, 6.07) is -1.83. The molecule has 8 heteroatoms. The molecule has 2 aliphatic heterocycles. The summed E-state index contributed by atoms with van der Waals surface area (Å²) >= 11 is 0. The number of nitrogens with one attached hydrogen (secondary N) is 2. The molecule has 0 saturated carbocycles. The number of rotatable bonds is 2. The second kappa shape index (κ2) is 5.59. The van der Waals surface area contributed by atoms with Crippen LogP contribution in [0.2, 0.25) is 0 Å². The molecule has 0 radical (unpaired) electrons. The summed E-state index contributed by atoms with van der Waals surface area (Å²) in [5.74, 6) is -2.21. The Balaban J connectivity index is 1.96. The van der Waals surface area contributed by atoms with E-state index in [2.05, 4.69) is 5.32 Å². The topological polar surface area (TPSA) is 61.4 Å². The standard InChI is InChI=1S/C12H18F3N3O2/c1-18(7-4-5-16-6-7)11(20)8-2-3-9(12(13,14)15)17-10(8)19/h7-9,16H,2-6H2,1H3,(H,17,19). The number of nitrogens with zero attached hydrogens (tertiary/aromatic N) is 1. The van der Waals surface area contributed by atoms with E-state index in [4.69, 9.17) is 0 Å². The molecule has 2 saturated heterocycles. The van der Waals surface area contributed by atoms with E-state index in [1.54, 1.807) is 7.05 Å². The van der Waals surface area contributed by atoms with Crippen LogP contribution in [0.3, 0.4) is 0 Å². The van der Waals surface area contributed by atoms with Crippen LogP contribution in [0.4, 0.5) is 13.2 Å². The van der Waals surface area contributed by atoms with Gasteiger partial charge in [-0.05, 0) is 25.8 Å². The molecule has 0 aromatic carbocycles. The first-order valence-corrected chi connectivity index (χ1v) is 6.65. The van der Waals surface area contributed by atoms with Crippen LogP contribution in [-0.2, 0) is 9.59 Å². The van der Waals surface area contributed by atoms with Gasteiger partial charge in [-0.15, -0.1) is 0 Å². The lowest BCUT2D eigenvalue weighted by atomic mass is 9.92. The van der Waals surface area contributed by atoms with Gasteiger partial charge in [0.1, 0.15) is 12.0 Å². The molecule has 20 heavy (non-hydrogen) atoms. The predicted molar refractivity (Wildman–Crippen MR) is 64.8 cm³/mol. The predicted octanol–water partition coefficient (Wildman–Crippen LogP) is 0.264. The van der Waals surface area contributed by atoms with Gasteiger partial charge < -0.3 is 15.5 Å². The molecule has 2 aliphatic rings. The van der Waals surface area contributed by atoms with Crippen LogP contribution in [0.5, 0.6) is 0 Å². The lowest BCUT2D eigenvalue weighted by Gasteiger charge is -2.33. The van der Waals surface area contributed by atoms with Crippen LogP contribution in [0.1, 0.15) is 19.3 Å². The first-order valence-electron chi connectivity index (χ1n) is 6.65. The summed E-state index contributed by atoms with van der Waals surface area (Å²) in [7, 11) is 1.60. The van der Waals surface area contributed by atoms with Gasteiger partial charge in [-0.2, -0.15) is 13.2 Å². The maximum absolute atomic E-state index is 12.5. The monoisotopic (exact) mass is 293 g/mol. The Morgan fingerprint density at radius 2 is 2.00 bits per heavy atom. The normalized spacial score (nSPS) is 31.0. The van der Waals surface area contributed by atoms with Gasteiger partial charge in [0, 0.05) is 19.6 Å². The fourth-order valence-corrected chi connectivity index (χ4v) is 2.69. The van der Waals surface area contributed by atoms with Crippen LogP contribution < -0.4 is 10.6 Å². The molecule has 0 spiro atoms.